The van der Waals surface area contributed by atoms with E-state index in [0.29, 0.717) is 10.6 Å². The number of nitrogens with one attached hydrogen (secondary N) is 2. The van der Waals surface area contributed by atoms with Crippen LogP contribution in [-0.2, 0) is 4.79 Å². The van der Waals surface area contributed by atoms with Crippen LogP contribution < -0.4 is 10.6 Å². The predicted molar refractivity (Wildman–Crippen MR) is 116 cm³/mol. The molecule has 0 aliphatic rings. The van der Waals surface area contributed by atoms with E-state index in [-0.39, 0.29) is 33.8 Å². The quantitative estimate of drug-likeness (QED) is 0.440. The van der Waals surface area contributed by atoms with Crippen LogP contribution in [0.2, 0.25) is 5.02 Å². The molecule has 0 saturated heterocycles. The molecule has 2 aromatic carbocycles. The summed E-state index contributed by atoms with van der Waals surface area (Å²) in [6, 6.07) is 14.8. The Balaban J connectivity index is 1.59. The van der Waals surface area contributed by atoms with Gasteiger partial charge in [-0.05, 0) is 47.8 Å². The summed E-state index contributed by atoms with van der Waals surface area (Å²) in [5.41, 5.74) is 0.909. The second-order valence-electron chi connectivity index (χ2n) is 5.80. The first-order valence-corrected chi connectivity index (χ1v) is 10.6. The summed E-state index contributed by atoms with van der Waals surface area (Å²) in [5.74, 6) is -1.52. The fraction of sp³-hybridized carbons (Fsp3) is 0.0500. The minimum Gasteiger partial charge on any atom is -0.478 e. The van der Waals surface area contributed by atoms with Crippen LogP contribution in [0.5, 0.6) is 0 Å². The lowest BCUT2D eigenvalue weighted by Crippen LogP contribution is -2.15. The number of carboxylic acid groups (broad SMARTS) is 1. The highest BCUT2D eigenvalue weighted by atomic mass is 35.5. The van der Waals surface area contributed by atoms with Gasteiger partial charge in [-0.2, -0.15) is 0 Å². The van der Waals surface area contributed by atoms with Crippen molar-refractivity contribution in [3.8, 4) is 0 Å². The van der Waals surface area contributed by atoms with Crippen molar-refractivity contribution in [1.82, 2.24) is 0 Å². The summed E-state index contributed by atoms with van der Waals surface area (Å²) in [6.45, 7) is 0. The molecule has 3 N–H and O–H groups in total. The topological polar surface area (TPSA) is 95.5 Å². The van der Waals surface area contributed by atoms with Gasteiger partial charge in [-0.25, -0.2) is 4.79 Å². The van der Waals surface area contributed by atoms with Crippen molar-refractivity contribution in [3.63, 3.8) is 0 Å². The van der Waals surface area contributed by atoms with Crippen LogP contribution in [0.4, 0.5) is 11.4 Å². The second kappa shape index (κ2) is 9.60. The zero-order valence-electron chi connectivity index (χ0n) is 14.8. The summed E-state index contributed by atoms with van der Waals surface area (Å²) in [6.07, 6.45) is 0. The standard InChI is InChI=1S/C20H15ClN2O4S2/c21-15-7-6-12(20(26)27)9-16(15)23-18(24)11-29-14-4-1-3-13(10-14)22-19(25)17-5-2-8-28-17/h1-10H,11H2,(H,22,25)(H,23,24)(H,26,27). The summed E-state index contributed by atoms with van der Waals surface area (Å²) < 4.78 is 0. The molecule has 0 aliphatic heterocycles. The number of thioether (sulfide) groups is 1. The van der Waals surface area contributed by atoms with Crippen molar-refractivity contribution in [1.29, 1.82) is 0 Å². The molecule has 0 bridgehead atoms. The van der Waals surface area contributed by atoms with Crippen molar-refractivity contribution >= 4 is 63.9 Å². The maximum Gasteiger partial charge on any atom is 0.335 e. The minimum absolute atomic E-state index is 0.0338. The van der Waals surface area contributed by atoms with Gasteiger partial charge in [-0.3, -0.25) is 9.59 Å². The van der Waals surface area contributed by atoms with E-state index >= 15 is 0 Å². The number of hydrogen-bond donors (Lipinski definition) is 3. The first-order valence-electron chi connectivity index (χ1n) is 8.33. The maximum atomic E-state index is 12.2. The Morgan fingerprint density at radius 3 is 2.59 bits per heavy atom. The van der Waals surface area contributed by atoms with Crippen LogP contribution in [0.15, 0.2) is 64.9 Å². The van der Waals surface area contributed by atoms with Gasteiger partial charge in [-0.1, -0.05) is 23.7 Å². The molecule has 2 amide bonds. The van der Waals surface area contributed by atoms with E-state index < -0.39 is 5.97 Å². The molecule has 29 heavy (non-hydrogen) atoms. The maximum absolute atomic E-state index is 12.2. The molecule has 1 aromatic heterocycles. The number of hydrogen-bond acceptors (Lipinski definition) is 5. The Bertz CT molecular complexity index is 1050. The van der Waals surface area contributed by atoms with Gasteiger partial charge in [0.1, 0.15) is 0 Å². The normalized spacial score (nSPS) is 10.4. The average Bonchev–Trinajstić information content (AvgIpc) is 3.23. The second-order valence-corrected chi connectivity index (χ2v) is 8.20. The molecule has 9 heteroatoms. The van der Waals surface area contributed by atoms with Crippen molar-refractivity contribution in [2.24, 2.45) is 0 Å². The minimum atomic E-state index is -1.10. The zero-order chi connectivity index (χ0) is 20.8. The van der Waals surface area contributed by atoms with Gasteiger partial charge in [0.25, 0.3) is 5.91 Å². The monoisotopic (exact) mass is 446 g/mol. The van der Waals surface area contributed by atoms with Crippen LogP contribution in [-0.4, -0.2) is 28.6 Å². The van der Waals surface area contributed by atoms with Crippen molar-refractivity contribution in [2.45, 2.75) is 4.90 Å². The average molecular weight is 447 g/mol. The number of thiophene rings is 1. The Labute approximate surface area is 179 Å². The highest BCUT2D eigenvalue weighted by Gasteiger charge is 2.11. The molecular weight excluding hydrogens is 432 g/mol. The van der Waals surface area contributed by atoms with Crippen LogP contribution >= 0.6 is 34.7 Å². The SMILES string of the molecule is O=C(CSc1cccc(NC(=O)c2cccs2)c1)Nc1cc(C(=O)O)ccc1Cl. The molecule has 0 saturated carbocycles. The van der Waals surface area contributed by atoms with Crippen LogP contribution in [0.1, 0.15) is 20.0 Å². The molecule has 0 fully saturated rings. The summed E-state index contributed by atoms with van der Waals surface area (Å²) in [5, 5.41) is 16.6. The third-order valence-corrected chi connectivity index (χ3v) is 5.89. The third-order valence-electron chi connectivity index (χ3n) is 3.69. The van der Waals surface area contributed by atoms with Crippen molar-refractivity contribution in [3.05, 3.63) is 75.4 Å². The van der Waals surface area contributed by atoms with Crippen molar-refractivity contribution in [2.75, 3.05) is 16.4 Å². The van der Waals surface area contributed by atoms with Gasteiger partial charge in [0.05, 0.1) is 26.9 Å². The number of amides is 2. The molecule has 0 unspecified atom stereocenters. The van der Waals surface area contributed by atoms with Crippen LogP contribution in [0.25, 0.3) is 0 Å². The molecule has 6 nitrogen and oxygen atoms in total. The number of aromatic carboxylic acids is 1. The van der Waals surface area contributed by atoms with E-state index in [2.05, 4.69) is 10.6 Å². The molecular formula is C20H15ClN2O4S2. The highest BCUT2D eigenvalue weighted by Crippen LogP contribution is 2.25. The summed E-state index contributed by atoms with van der Waals surface area (Å²) in [4.78, 5) is 36.8. The van der Waals surface area contributed by atoms with Crippen LogP contribution in [0.3, 0.4) is 0 Å². The van der Waals surface area contributed by atoms with Crippen molar-refractivity contribution < 1.29 is 19.5 Å². The fourth-order valence-electron chi connectivity index (χ4n) is 2.35. The number of rotatable bonds is 7. The number of carboxylic acids is 1. The number of halogens is 1. The largest absolute Gasteiger partial charge is 0.478 e. The van der Waals surface area contributed by atoms with Gasteiger partial charge in [-0.15, -0.1) is 23.1 Å². The number of carbonyl (C=O) groups excluding carboxylic acids is 2. The first kappa shape index (κ1) is 20.9. The Morgan fingerprint density at radius 2 is 1.86 bits per heavy atom. The Morgan fingerprint density at radius 1 is 1.03 bits per heavy atom. The molecule has 0 atom stereocenters. The third kappa shape index (κ3) is 5.83. The molecule has 1 heterocycles. The Hall–Kier alpha value is -2.81. The zero-order valence-corrected chi connectivity index (χ0v) is 17.2. The van der Waals surface area contributed by atoms with Gasteiger partial charge in [0.15, 0.2) is 0 Å². The van der Waals surface area contributed by atoms with Gasteiger partial charge >= 0.3 is 5.97 Å². The number of benzene rings is 2. The lowest BCUT2D eigenvalue weighted by Gasteiger charge is -2.09. The van der Waals surface area contributed by atoms with E-state index in [0.717, 1.165) is 4.90 Å². The molecule has 0 aliphatic carbocycles. The lowest BCUT2D eigenvalue weighted by molar-refractivity contribution is -0.113. The molecule has 3 rings (SSSR count). The number of anilines is 2. The molecule has 148 valence electrons. The van der Waals surface area contributed by atoms with E-state index in [4.69, 9.17) is 16.7 Å². The molecule has 0 spiro atoms. The fourth-order valence-corrected chi connectivity index (χ4v) is 3.89. The van der Waals surface area contributed by atoms with Gasteiger partial charge in [0, 0.05) is 10.6 Å². The van der Waals surface area contributed by atoms with Gasteiger partial charge in [0.2, 0.25) is 5.91 Å². The lowest BCUT2D eigenvalue weighted by atomic mass is 10.2. The summed E-state index contributed by atoms with van der Waals surface area (Å²) >= 11 is 8.66. The Kier molecular flexibility index (Phi) is 6.92. The predicted octanol–water partition coefficient (Wildman–Crippen LogP) is 5.08. The van der Waals surface area contributed by atoms with E-state index in [1.54, 1.807) is 24.3 Å². The number of carbonyl (C=O) groups is 3. The van der Waals surface area contributed by atoms with E-state index in [1.165, 1.54) is 41.3 Å². The van der Waals surface area contributed by atoms with Crippen LogP contribution in [0, 0.1) is 0 Å². The first-order chi connectivity index (χ1) is 13.9. The smallest absolute Gasteiger partial charge is 0.335 e. The van der Waals surface area contributed by atoms with Gasteiger partial charge < -0.3 is 15.7 Å². The van der Waals surface area contributed by atoms with E-state index in [9.17, 15) is 14.4 Å². The van der Waals surface area contributed by atoms with E-state index in [1.807, 2.05) is 17.5 Å². The highest BCUT2D eigenvalue weighted by molar-refractivity contribution is 8.00. The molecule has 3 aromatic rings. The summed E-state index contributed by atoms with van der Waals surface area (Å²) in [7, 11) is 0. The molecule has 0 radical (unpaired) electrons.